The number of ether oxygens (including phenoxy) is 5. The van der Waals surface area contributed by atoms with Crippen LogP contribution in [0.3, 0.4) is 0 Å². The zero-order valence-electron chi connectivity index (χ0n) is 16.2. The molecule has 0 bridgehead atoms. The Kier molecular flexibility index (Phi) is 6.46. The largest absolute Gasteiger partial charge is 0.467 e. The van der Waals surface area contributed by atoms with E-state index in [1.807, 2.05) is 0 Å². The normalized spacial score (nSPS) is 31.9. The van der Waals surface area contributed by atoms with Crippen LogP contribution in [0.25, 0.3) is 0 Å². The van der Waals surface area contributed by atoms with Crippen molar-refractivity contribution in [3.8, 4) is 0 Å². The molecule has 6 atom stereocenters. The van der Waals surface area contributed by atoms with Crippen LogP contribution >= 0.6 is 0 Å². The molecule has 2 heterocycles. The quantitative estimate of drug-likeness (QED) is 0.485. The lowest BCUT2D eigenvalue weighted by Gasteiger charge is -2.45. The van der Waals surface area contributed by atoms with Crippen LogP contribution in [0.4, 0.5) is 0 Å². The van der Waals surface area contributed by atoms with Crippen LogP contribution in [0, 0.1) is 5.92 Å². The Balaban J connectivity index is 2.42. The number of fused-ring (bicyclic) bond motifs is 1. The zero-order valence-corrected chi connectivity index (χ0v) is 16.2. The summed E-state index contributed by atoms with van der Waals surface area (Å²) in [5.74, 6) is -2.63. The molecule has 9 heteroatoms. The summed E-state index contributed by atoms with van der Waals surface area (Å²) < 4.78 is 27.0. The molecule has 0 N–H and O–H groups in total. The van der Waals surface area contributed by atoms with Gasteiger partial charge in [-0.15, -0.1) is 0 Å². The molecule has 2 fully saturated rings. The molecule has 27 heavy (non-hydrogen) atoms. The molecule has 0 aromatic rings. The Hall–Kier alpha value is -2.16. The Morgan fingerprint density at radius 2 is 1.85 bits per heavy atom. The first-order valence-electron chi connectivity index (χ1n) is 8.91. The van der Waals surface area contributed by atoms with E-state index < -0.39 is 59.8 Å². The highest BCUT2D eigenvalue weighted by Gasteiger charge is 2.57. The summed E-state index contributed by atoms with van der Waals surface area (Å²) in [5, 5.41) is 0. The van der Waals surface area contributed by atoms with Crippen LogP contribution in [0.15, 0.2) is 0 Å². The maximum absolute atomic E-state index is 12.3. The summed E-state index contributed by atoms with van der Waals surface area (Å²) in [6.45, 7) is 5.77. The fourth-order valence-electron chi connectivity index (χ4n) is 3.77. The Labute approximate surface area is 157 Å². The highest BCUT2D eigenvalue weighted by molar-refractivity contribution is 5.80. The van der Waals surface area contributed by atoms with Crippen molar-refractivity contribution in [2.75, 3.05) is 7.11 Å². The van der Waals surface area contributed by atoms with E-state index in [2.05, 4.69) is 0 Å². The number of carbonyl (C=O) groups excluding carboxylic acids is 4. The van der Waals surface area contributed by atoms with E-state index in [1.165, 1.54) is 27.9 Å². The first-order valence-corrected chi connectivity index (χ1v) is 8.91. The maximum Gasteiger partial charge on any atom is 0.338 e. The van der Waals surface area contributed by atoms with Gasteiger partial charge in [-0.1, -0.05) is 6.92 Å². The second-order valence-corrected chi connectivity index (χ2v) is 7.04. The molecular formula is C18H26O9. The summed E-state index contributed by atoms with van der Waals surface area (Å²) in [7, 11) is 1.23. The molecule has 0 amide bonds. The molecule has 0 radical (unpaired) electrons. The lowest BCUT2D eigenvalue weighted by molar-refractivity contribution is -0.235. The maximum atomic E-state index is 12.3. The van der Waals surface area contributed by atoms with Crippen molar-refractivity contribution in [3.63, 3.8) is 0 Å². The van der Waals surface area contributed by atoms with Crippen molar-refractivity contribution in [2.24, 2.45) is 5.92 Å². The molecule has 0 aromatic carbocycles. The number of methoxy groups -OCH3 is 1. The first kappa shape index (κ1) is 21.1. The third kappa shape index (κ3) is 4.58. The molecule has 2 aliphatic heterocycles. The standard InChI is InChI=1S/C18H26O9/c1-6-12(24-9(2)19)16(25-10(3)20)15-11-7-14(21)26-13(11)8-18(4,27-15)17(22)23-5/h11-13,15-16H,6-8H2,1-5H3/t11-,12-,13-,15?,16-,18-/m1/s1. The average Bonchev–Trinajstić information content (AvgIpc) is 2.95. The van der Waals surface area contributed by atoms with E-state index >= 15 is 0 Å². The highest BCUT2D eigenvalue weighted by atomic mass is 16.6. The van der Waals surface area contributed by atoms with Gasteiger partial charge in [-0.25, -0.2) is 4.79 Å². The number of carbonyl (C=O) groups is 4. The molecule has 0 saturated carbocycles. The van der Waals surface area contributed by atoms with Gasteiger partial charge in [0.1, 0.15) is 18.3 Å². The molecule has 2 aliphatic rings. The van der Waals surface area contributed by atoms with Gasteiger partial charge in [-0.05, 0) is 13.3 Å². The minimum atomic E-state index is -1.39. The topological polar surface area (TPSA) is 114 Å². The molecule has 0 aromatic heterocycles. The van der Waals surface area contributed by atoms with Crippen molar-refractivity contribution >= 4 is 23.9 Å². The predicted octanol–water partition coefficient (Wildman–Crippen LogP) is 0.912. The van der Waals surface area contributed by atoms with E-state index in [0.717, 1.165) is 0 Å². The van der Waals surface area contributed by atoms with Gasteiger partial charge in [0.25, 0.3) is 0 Å². The van der Waals surface area contributed by atoms with Crippen LogP contribution < -0.4 is 0 Å². The Morgan fingerprint density at radius 1 is 1.22 bits per heavy atom. The minimum absolute atomic E-state index is 0.0564. The zero-order chi connectivity index (χ0) is 20.4. The highest BCUT2D eigenvalue weighted by Crippen LogP contribution is 2.43. The Morgan fingerprint density at radius 3 is 2.37 bits per heavy atom. The number of hydrogen-bond acceptors (Lipinski definition) is 9. The van der Waals surface area contributed by atoms with Crippen molar-refractivity contribution in [1.82, 2.24) is 0 Å². The molecule has 9 nitrogen and oxygen atoms in total. The average molecular weight is 386 g/mol. The van der Waals surface area contributed by atoms with Gasteiger partial charge in [-0.3, -0.25) is 14.4 Å². The minimum Gasteiger partial charge on any atom is -0.467 e. The number of esters is 4. The van der Waals surface area contributed by atoms with Gasteiger partial charge in [0.2, 0.25) is 0 Å². The van der Waals surface area contributed by atoms with Crippen molar-refractivity contribution in [2.45, 2.75) is 77.0 Å². The van der Waals surface area contributed by atoms with Gasteiger partial charge < -0.3 is 23.7 Å². The summed E-state index contributed by atoms with van der Waals surface area (Å²) in [5.41, 5.74) is -1.39. The molecule has 0 spiro atoms. The SMILES string of the molecule is CC[C@@H](OC(C)=O)[C@@H](OC(C)=O)C1O[C@@](C)(C(=O)OC)C[C@H]2OC(=O)C[C@@H]12. The summed E-state index contributed by atoms with van der Waals surface area (Å²) >= 11 is 0. The van der Waals surface area contributed by atoms with E-state index in [4.69, 9.17) is 23.7 Å². The second-order valence-electron chi connectivity index (χ2n) is 7.04. The fraction of sp³-hybridized carbons (Fsp3) is 0.778. The molecule has 2 rings (SSSR count). The monoisotopic (exact) mass is 386 g/mol. The third-order valence-electron chi connectivity index (χ3n) is 4.90. The Bertz CT molecular complexity index is 616. The molecule has 2 saturated heterocycles. The van der Waals surface area contributed by atoms with Gasteiger partial charge in [0.15, 0.2) is 11.7 Å². The lowest BCUT2D eigenvalue weighted by Crippen LogP contribution is -2.59. The van der Waals surface area contributed by atoms with Crippen LogP contribution in [-0.2, 0) is 42.9 Å². The number of rotatable bonds is 6. The van der Waals surface area contributed by atoms with E-state index in [1.54, 1.807) is 6.92 Å². The van der Waals surface area contributed by atoms with Crippen LogP contribution in [0.2, 0.25) is 0 Å². The summed E-state index contributed by atoms with van der Waals surface area (Å²) in [6.07, 6.45) is -2.74. The van der Waals surface area contributed by atoms with Crippen molar-refractivity contribution < 1.29 is 42.9 Å². The summed E-state index contributed by atoms with van der Waals surface area (Å²) in [6, 6.07) is 0. The molecule has 1 unspecified atom stereocenters. The molecule has 152 valence electrons. The van der Waals surface area contributed by atoms with E-state index in [9.17, 15) is 19.2 Å². The van der Waals surface area contributed by atoms with Crippen molar-refractivity contribution in [1.29, 1.82) is 0 Å². The molecular weight excluding hydrogens is 360 g/mol. The summed E-state index contributed by atoms with van der Waals surface area (Å²) in [4.78, 5) is 47.4. The van der Waals surface area contributed by atoms with Crippen LogP contribution in [0.5, 0.6) is 0 Å². The molecule has 0 aliphatic carbocycles. The van der Waals surface area contributed by atoms with Crippen molar-refractivity contribution in [3.05, 3.63) is 0 Å². The van der Waals surface area contributed by atoms with E-state index in [-0.39, 0.29) is 12.8 Å². The first-order chi connectivity index (χ1) is 12.6. The van der Waals surface area contributed by atoms with Gasteiger partial charge in [0, 0.05) is 26.2 Å². The van der Waals surface area contributed by atoms with E-state index in [0.29, 0.717) is 6.42 Å². The van der Waals surface area contributed by atoms with Gasteiger partial charge >= 0.3 is 23.9 Å². The third-order valence-corrected chi connectivity index (χ3v) is 4.90. The van der Waals surface area contributed by atoms with Crippen LogP contribution in [-0.4, -0.2) is 61.0 Å². The van der Waals surface area contributed by atoms with Crippen LogP contribution in [0.1, 0.15) is 47.0 Å². The lowest BCUT2D eigenvalue weighted by atomic mass is 9.79. The number of hydrogen-bond donors (Lipinski definition) is 0. The second kappa shape index (κ2) is 8.24. The van der Waals surface area contributed by atoms with Gasteiger partial charge in [-0.2, -0.15) is 0 Å². The smallest absolute Gasteiger partial charge is 0.338 e. The fourth-order valence-corrected chi connectivity index (χ4v) is 3.77. The predicted molar refractivity (Wildman–Crippen MR) is 89.3 cm³/mol. The van der Waals surface area contributed by atoms with Gasteiger partial charge in [0.05, 0.1) is 13.5 Å².